The van der Waals surface area contributed by atoms with Gasteiger partial charge in [-0.2, -0.15) is 5.01 Å². The van der Waals surface area contributed by atoms with Crippen molar-refractivity contribution in [3.63, 3.8) is 0 Å². The molecule has 1 saturated carbocycles. The van der Waals surface area contributed by atoms with Crippen LogP contribution in [0.3, 0.4) is 0 Å². The molecule has 3 atom stereocenters. The van der Waals surface area contributed by atoms with Gasteiger partial charge in [0.15, 0.2) is 5.78 Å². The molecule has 32 heavy (non-hydrogen) atoms. The number of carbonyl (C=O) groups is 4. The molecule has 0 radical (unpaired) electrons. The fourth-order valence-corrected chi connectivity index (χ4v) is 4.84. The summed E-state index contributed by atoms with van der Waals surface area (Å²) in [4.78, 5) is 52.9. The average Bonchev–Trinajstić information content (AvgIpc) is 3.02. The van der Waals surface area contributed by atoms with Gasteiger partial charge in [0, 0.05) is 20.6 Å². The molecule has 0 aromatic heterocycles. The van der Waals surface area contributed by atoms with Gasteiger partial charge >= 0.3 is 0 Å². The zero-order chi connectivity index (χ0) is 23.0. The Bertz CT molecular complexity index is 1070. The van der Waals surface area contributed by atoms with E-state index < -0.39 is 36.1 Å². The van der Waals surface area contributed by atoms with Gasteiger partial charge in [-0.1, -0.05) is 46.6 Å². The zero-order valence-corrected chi connectivity index (χ0v) is 19.8. The molecule has 0 spiro atoms. The summed E-state index contributed by atoms with van der Waals surface area (Å²) in [6.45, 7) is 1.64. The second-order valence-corrected chi connectivity index (χ2v) is 9.77. The summed E-state index contributed by atoms with van der Waals surface area (Å²) in [5, 5.41) is 2.37. The van der Waals surface area contributed by atoms with E-state index in [9.17, 15) is 19.2 Å². The van der Waals surface area contributed by atoms with Crippen LogP contribution in [-0.4, -0.2) is 40.1 Å². The van der Waals surface area contributed by atoms with Gasteiger partial charge in [-0.15, -0.1) is 0 Å². The van der Waals surface area contributed by atoms with Gasteiger partial charge < -0.3 is 0 Å². The smallest absolute Gasteiger partial charge is 0.273 e. The predicted octanol–water partition coefficient (Wildman–Crippen LogP) is 4.76. The first-order chi connectivity index (χ1) is 15.3. The molecule has 4 rings (SSSR count). The van der Waals surface area contributed by atoms with Gasteiger partial charge in [-0.05, 0) is 61.6 Å². The summed E-state index contributed by atoms with van der Waals surface area (Å²) >= 11 is 9.27. The minimum atomic E-state index is -0.597. The maximum Gasteiger partial charge on any atom is 0.273 e. The van der Waals surface area contributed by atoms with Crippen molar-refractivity contribution < 1.29 is 19.2 Å². The number of halogens is 2. The van der Waals surface area contributed by atoms with E-state index in [1.165, 1.54) is 12.1 Å². The Kier molecular flexibility index (Phi) is 6.49. The molecule has 8 heteroatoms. The number of ketones is 1. The van der Waals surface area contributed by atoms with Crippen molar-refractivity contribution in [3.05, 3.63) is 69.2 Å². The summed E-state index contributed by atoms with van der Waals surface area (Å²) in [6.07, 6.45) is 2.07. The second-order valence-electron chi connectivity index (χ2n) is 8.42. The highest BCUT2D eigenvalue weighted by Gasteiger charge is 2.52. The largest absolute Gasteiger partial charge is 0.292 e. The first-order valence-electron chi connectivity index (χ1n) is 10.5. The number of amides is 3. The van der Waals surface area contributed by atoms with Crippen LogP contribution >= 0.6 is 27.5 Å². The van der Waals surface area contributed by atoms with Crippen molar-refractivity contribution in [3.8, 4) is 0 Å². The normalized spacial score (nSPS) is 22.6. The number of fused-ring (bicyclic) bond motifs is 1. The Labute approximate surface area is 199 Å². The molecule has 0 bridgehead atoms. The van der Waals surface area contributed by atoms with Crippen LogP contribution in [0.5, 0.6) is 0 Å². The topological polar surface area (TPSA) is 74.8 Å². The highest BCUT2D eigenvalue weighted by Crippen LogP contribution is 2.41. The van der Waals surface area contributed by atoms with Crippen LogP contribution in [0.15, 0.2) is 53.0 Å². The van der Waals surface area contributed by atoms with E-state index in [1.54, 1.807) is 36.4 Å². The van der Waals surface area contributed by atoms with Gasteiger partial charge in [0.05, 0.1) is 11.8 Å². The molecule has 166 valence electrons. The highest BCUT2D eigenvalue weighted by atomic mass is 79.9. The first kappa shape index (κ1) is 22.7. The lowest BCUT2D eigenvalue weighted by Gasteiger charge is -2.30. The van der Waals surface area contributed by atoms with Crippen LogP contribution in [0.25, 0.3) is 0 Å². The average molecular weight is 518 g/mol. The number of nitrogens with zero attached hydrogens (tertiary/aromatic N) is 2. The lowest BCUT2D eigenvalue weighted by atomic mass is 9.76. The number of hydrogen-bond acceptors (Lipinski definition) is 4. The Hall–Kier alpha value is -2.51. The third kappa shape index (κ3) is 4.36. The van der Waals surface area contributed by atoms with Gasteiger partial charge in [0.1, 0.15) is 6.54 Å². The summed E-state index contributed by atoms with van der Waals surface area (Å²) < 4.78 is 0.811. The second kappa shape index (κ2) is 9.16. The van der Waals surface area contributed by atoms with Gasteiger partial charge in [0.2, 0.25) is 0 Å². The van der Waals surface area contributed by atoms with Crippen molar-refractivity contribution in [2.45, 2.75) is 26.2 Å². The summed E-state index contributed by atoms with van der Waals surface area (Å²) in [5.74, 6) is -2.34. The summed E-state index contributed by atoms with van der Waals surface area (Å²) in [7, 11) is 0. The van der Waals surface area contributed by atoms with E-state index in [1.807, 2.05) is 0 Å². The minimum Gasteiger partial charge on any atom is -0.292 e. The maximum atomic E-state index is 13.4. The number of imide groups is 1. The van der Waals surface area contributed by atoms with Crippen molar-refractivity contribution in [1.82, 2.24) is 10.0 Å². The van der Waals surface area contributed by atoms with Crippen LogP contribution in [0.2, 0.25) is 5.02 Å². The highest BCUT2D eigenvalue weighted by molar-refractivity contribution is 9.10. The first-order valence-corrected chi connectivity index (χ1v) is 11.7. The van der Waals surface area contributed by atoms with Crippen molar-refractivity contribution in [2.24, 2.45) is 17.8 Å². The predicted molar refractivity (Wildman–Crippen MR) is 123 cm³/mol. The number of rotatable bonds is 5. The van der Waals surface area contributed by atoms with Gasteiger partial charge in [-0.3, -0.25) is 19.2 Å². The number of hydrogen-bond donors (Lipinski definition) is 0. The number of carbonyl (C=O) groups excluding carboxylic acids is 4. The molecule has 0 unspecified atom stereocenters. The van der Waals surface area contributed by atoms with Crippen molar-refractivity contribution in [1.29, 1.82) is 0 Å². The third-order valence-corrected chi connectivity index (χ3v) is 6.97. The van der Waals surface area contributed by atoms with Crippen LogP contribution in [0.4, 0.5) is 0 Å². The molecule has 1 heterocycles. The van der Waals surface area contributed by atoms with Gasteiger partial charge in [-0.25, -0.2) is 5.01 Å². The SMILES string of the molecule is C[C@@H]1CC[C@H]2C(=O)N(N(CC(=O)c3ccc(Br)cc3)C(=O)c3ccc(Cl)cc3)C(=O)[C@@H]2C1. The molecule has 0 N–H and O–H groups in total. The van der Waals surface area contributed by atoms with E-state index in [-0.39, 0.29) is 11.3 Å². The molecule has 1 aliphatic heterocycles. The Morgan fingerprint density at radius 2 is 1.56 bits per heavy atom. The fraction of sp³-hybridized carbons (Fsp3) is 0.333. The number of benzene rings is 2. The third-order valence-electron chi connectivity index (χ3n) is 6.19. The summed E-state index contributed by atoms with van der Waals surface area (Å²) in [6, 6.07) is 12.8. The van der Waals surface area contributed by atoms with E-state index in [2.05, 4.69) is 22.9 Å². The van der Waals surface area contributed by atoms with E-state index >= 15 is 0 Å². The van der Waals surface area contributed by atoms with Crippen LogP contribution in [0, 0.1) is 17.8 Å². The molecule has 2 aromatic carbocycles. The lowest BCUT2D eigenvalue weighted by molar-refractivity contribution is -0.154. The molecular formula is C24H22BrClN2O4. The lowest BCUT2D eigenvalue weighted by Crippen LogP contribution is -2.52. The molecular weight excluding hydrogens is 496 g/mol. The fourth-order valence-electron chi connectivity index (χ4n) is 4.45. The molecule has 3 amide bonds. The van der Waals surface area contributed by atoms with Crippen LogP contribution in [-0.2, 0) is 9.59 Å². The quantitative estimate of drug-likeness (QED) is 0.423. The maximum absolute atomic E-state index is 13.4. The van der Waals surface area contributed by atoms with Crippen molar-refractivity contribution in [2.75, 3.05) is 6.54 Å². The minimum absolute atomic E-state index is 0.238. The Morgan fingerprint density at radius 1 is 0.969 bits per heavy atom. The standard InChI is InChI=1S/C24H22BrClN2O4/c1-14-2-11-19-20(12-14)24(32)28(23(19)31)27(22(30)16-5-9-18(26)10-6-16)13-21(29)15-3-7-17(25)8-4-15/h3-10,14,19-20H,2,11-13H2,1H3/t14-,19-,20-/m1/s1. The van der Waals surface area contributed by atoms with E-state index in [0.717, 1.165) is 20.9 Å². The zero-order valence-electron chi connectivity index (χ0n) is 17.5. The molecule has 2 aromatic rings. The number of Topliss-reactive ketones (excluding diaryl/α,β-unsaturated/α-hetero) is 1. The van der Waals surface area contributed by atoms with E-state index in [4.69, 9.17) is 11.6 Å². The van der Waals surface area contributed by atoms with Crippen LogP contribution < -0.4 is 0 Å². The molecule has 1 aliphatic carbocycles. The van der Waals surface area contributed by atoms with Crippen molar-refractivity contribution >= 4 is 51.0 Å². The Balaban J connectivity index is 1.68. The van der Waals surface area contributed by atoms with Gasteiger partial charge in [0.25, 0.3) is 17.7 Å². The molecule has 6 nitrogen and oxygen atoms in total. The van der Waals surface area contributed by atoms with Crippen LogP contribution in [0.1, 0.15) is 46.9 Å². The molecule has 1 saturated heterocycles. The molecule has 2 fully saturated rings. The monoisotopic (exact) mass is 516 g/mol. The van der Waals surface area contributed by atoms with E-state index in [0.29, 0.717) is 29.3 Å². The Morgan fingerprint density at radius 3 is 2.22 bits per heavy atom. The molecule has 2 aliphatic rings. The summed E-state index contributed by atoms with van der Waals surface area (Å²) in [5.41, 5.74) is 0.620. The number of hydrazine groups is 1.